The molecule has 0 spiro atoms. The Morgan fingerprint density at radius 3 is 2.30 bits per heavy atom. The van der Waals surface area contributed by atoms with E-state index >= 15 is 0 Å². The first-order valence-electron chi connectivity index (χ1n) is 3.31. The Bertz CT molecular complexity index is 217. The summed E-state index contributed by atoms with van der Waals surface area (Å²) in [5, 5.41) is 4.08. The average molecular weight is 136 g/mol. The van der Waals surface area contributed by atoms with E-state index in [9.17, 15) is 0 Å². The molecule has 0 N–H and O–H groups in total. The van der Waals surface area contributed by atoms with Gasteiger partial charge in [0.05, 0.1) is 11.7 Å². The molecule has 10 heavy (non-hydrogen) atoms. The highest BCUT2D eigenvalue weighted by molar-refractivity contribution is 5.08. The van der Waals surface area contributed by atoms with Gasteiger partial charge >= 0.3 is 0 Å². The summed E-state index contributed by atoms with van der Waals surface area (Å²) in [6.07, 6.45) is 3.49. The fourth-order valence-electron chi connectivity index (χ4n) is 0.704. The minimum Gasteiger partial charge on any atom is -0.267 e. The van der Waals surface area contributed by atoms with Crippen LogP contribution in [0.5, 0.6) is 0 Å². The fourth-order valence-corrected chi connectivity index (χ4v) is 0.704. The van der Waals surface area contributed by atoms with Gasteiger partial charge in [0.2, 0.25) is 0 Å². The molecule has 0 saturated carbocycles. The maximum atomic E-state index is 5.49. The largest absolute Gasteiger partial charge is 0.267 e. The van der Waals surface area contributed by atoms with E-state index < -0.39 is 0 Å². The first-order chi connectivity index (χ1) is 4.50. The van der Waals surface area contributed by atoms with Crippen LogP contribution in [0.3, 0.4) is 0 Å². The van der Waals surface area contributed by atoms with Crippen molar-refractivity contribution in [1.82, 2.24) is 9.78 Å². The van der Waals surface area contributed by atoms with E-state index in [4.69, 9.17) is 6.92 Å². The molecule has 1 aromatic heterocycles. The summed E-state index contributed by atoms with van der Waals surface area (Å²) in [7, 11) is 0. The highest BCUT2D eigenvalue weighted by Gasteiger charge is 2.12. The molecule has 2 radical (unpaired) electrons. The van der Waals surface area contributed by atoms with Crippen LogP contribution in [-0.2, 0) is 5.54 Å². The highest BCUT2D eigenvalue weighted by Crippen LogP contribution is 2.12. The van der Waals surface area contributed by atoms with E-state index in [2.05, 4.69) is 25.9 Å². The van der Waals surface area contributed by atoms with Gasteiger partial charge in [-0.2, -0.15) is 5.10 Å². The van der Waals surface area contributed by atoms with Gasteiger partial charge in [0.15, 0.2) is 0 Å². The normalized spacial score (nSPS) is 12.0. The molecule has 0 atom stereocenters. The lowest BCUT2D eigenvalue weighted by Crippen LogP contribution is -2.21. The van der Waals surface area contributed by atoms with Crippen molar-refractivity contribution < 1.29 is 0 Å². The van der Waals surface area contributed by atoms with Crippen molar-refractivity contribution in [3.05, 3.63) is 24.9 Å². The SMILES string of the molecule is [CH]c1cnn(C(C)(C)C)c1. The zero-order chi connectivity index (χ0) is 7.78. The second-order valence-corrected chi connectivity index (χ2v) is 3.39. The van der Waals surface area contributed by atoms with Gasteiger partial charge in [0, 0.05) is 13.1 Å². The third-order valence-corrected chi connectivity index (χ3v) is 1.29. The van der Waals surface area contributed by atoms with Gasteiger partial charge in [-0.3, -0.25) is 4.68 Å². The molecule has 1 rings (SSSR count). The molecule has 0 aliphatic rings. The molecule has 0 bridgehead atoms. The fraction of sp³-hybridized carbons (Fsp3) is 0.500. The van der Waals surface area contributed by atoms with Crippen LogP contribution >= 0.6 is 0 Å². The maximum Gasteiger partial charge on any atom is 0.0543 e. The van der Waals surface area contributed by atoms with E-state index in [0.29, 0.717) is 0 Å². The van der Waals surface area contributed by atoms with Crippen LogP contribution in [-0.4, -0.2) is 9.78 Å². The first-order valence-corrected chi connectivity index (χ1v) is 3.31. The second kappa shape index (κ2) is 2.11. The minimum atomic E-state index is 0.0393. The molecule has 0 amide bonds. The molecule has 54 valence electrons. The summed E-state index contributed by atoms with van der Waals surface area (Å²) in [6.45, 7) is 11.7. The molecule has 0 aromatic carbocycles. The van der Waals surface area contributed by atoms with Crippen LogP contribution in [0.15, 0.2) is 12.4 Å². The monoisotopic (exact) mass is 136 g/mol. The van der Waals surface area contributed by atoms with Gasteiger partial charge in [-0.15, -0.1) is 0 Å². The zero-order valence-corrected chi connectivity index (χ0v) is 6.63. The van der Waals surface area contributed by atoms with Crippen LogP contribution in [0.25, 0.3) is 0 Å². The first kappa shape index (κ1) is 7.32. The third-order valence-electron chi connectivity index (χ3n) is 1.29. The molecule has 0 unspecified atom stereocenters. The quantitative estimate of drug-likeness (QED) is 0.530. The van der Waals surface area contributed by atoms with Crippen molar-refractivity contribution in [2.45, 2.75) is 26.3 Å². The number of rotatable bonds is 0. The zero-order valence-electron chi connectivity index (χ0n) is 6.63. The third kappa shape index (κ3) is 1.38. The lowest BCUT2D eigenvalue weighted by molar-refractivity contribution is 0.355. The van der Waals surface area contributed by atoms with Crippen LogP contribution < -0.4 is 0 Å². The van der Waals surface area contributed by atoms with E-state index in [0.717, 1.165) is 5.56 Å². The Balaban J connectivity index is 2.96. The molecule has 0 saturated heterocycles. The van der Waals surface area contributed by atoms with Crippen molar-refractivity contribution in [1.29, 1.82) is 0 Å². The lowest BCUT2D eigenvalue weighted by Gasteiger charge is -2.18. The molecule has 2 nitrogen and oxygen atoms in total. The Morgan fingerprint density at radius 2 is 2.10 bits per heavy atom. The summed E-state index contributed by atoms with van der Waals surface area (Å²) in [4.78, 5) is 0. The summed E-state index contributed by atoms with van der Waals surface area (Å²) >= 11 is 0. The smallest absolute Gasteiger partial charge is 0.0543 e. The van der Waals surface area contributed by atoms with Crippen molar-refractivity contribution >= 4 is 0 Å². The lowest BCUT2D eigenvalue weighted by atomic mass is 10.1. The summed E-state index contributed by atoms with van der Waals surface area (Å²) in [6, 6.07) is 0. The minimum absolute atomic E-state index is 0.0393. The highest BCUT2D eigenvalue weighted by atomic mass is 15.3. The van der Waals surface area contributed by atoms with Crippen LogP contribution in [0.4, 0.5) is 0 Å². The summed E-state index contributed by atoms with van der Waals surface area (Å²) in [5.74, 6) is 0. The Labute approximate surface area is 61.9 Å². The molecule has 0 aliphatic heterocycles. The number of nitrogens with zero attached hydrogens (tertiary/aromatic N) is 2. The van der Waals surface area contributed by atoms with Crippen molar-refractivity contribution in [3.63, 3.8) is 0 Å². The Morgan fingerprint density at radius 1 is 1.50 bits per heavy atom. The molecular weight excluding hydrogens is 124 g/mol. The molecule has 0 fully saturated rings. The molecule has 2 heteroatoms. The Hall–Kier alpha value is -0.790. The van der Waals surface area contributed by atoms with Crippen LogP contribution in [0, 0.1) is 6.92 Å². The molecule has 1 aromatic rings. The van der Waals surface area contributed by atoms with Gasteiger partial charge in [-0.25, -0.2) is 0 Å². The molecule has 1 heterocycles. The number of hydrogen-bond donors (Lipinski definition) is 0. The Kier molecular flexibility index (Phi) is 1.55. The van der Waals surface area contributed by atoms with Crippen molar-refractivity contribution in [2.75, 3.05) is 0 Å². The predicted molar refractivity (Wildman–Crippen MR) is 40.6 cm³/mol. The van der Waals surface area contributed by atoms with Crippen LogP contribution in [0.1, 0.15) is 26.3 Å². The van der Waals surface area contributed by atoms with Gasteiger partial charge in [0.1, 0.15) is 0 Å². The van der Waals surface area contributed by atoms with Crippen molar-refractivity contribution in [3.8, 4) is 0 Å². The topological polar surface area (TPSA) is 17.8 Å². The average Bonchev–Trinajstić information content (AvgIpc) is 2.11. The number of hydrogen-bond acceptors (Lipinski definition) is 1. The number of aromatic nitrogens is 2. The van der Waals surface area contributed by atoms with Crippen LogP contribution in [0.2, 0.25) is 0 Å². The van der Waals surface area contributed by atoms with E-state index in [1.165, 1.54) is 0 Å². The summed E-state index contributed by atoms with van der Waals surface area (Å²) < 4.78 is 1.85. The second-order valence-electron chi connectivity index (χ2n) is 3.39. The predicted octanol–water partition coefficient (Wildman–Crippen LogP) is 1.70. The van der Waals surface area contributed by atoms with Gasteiger partial charge in [-0.05, 0) is 26.3 Å². The van der Waals surface area contributed by atoms with Gasteiger partial charge in [-0.1, -0.05) is 0 Å². The van der Waals surface area contributed by atoms with E-state index in [-0.39, 0.29) is 5.54 Å². The van der Waals surface area contributed by atoms with Crippen molar-refractivity contribution in [2.24, 2.45) is 0 Å². The van der Waals surface area contributed by atoms with Gasteiger partial charge < -0.3 is 0 Å². The molecular formula is C8H12N2. The maximum absolute atomic E-state index is 5.49. The van der Waals surface area contributed by atoms with E-state index in [1.807, 2.05) is 10.9 Å². The molecule has 0 aliphatic carbocycles. The standard InChI is InChI=1S/C8H12N2/c1-7-5-9-10(6-7)8(2,3)4/h1,5-6H,2-4H3. The summed E-state index contributed by atoms with van der Waals surface area (Å²) in [5.41, 5.74) is 0.757. The van der Waals surface area contributed by atoms with E-state index in [1.54, 1.807) is 6.20 Å². The van der Waals surface area contributed by atoms with Gasteiger partial charge in [0.25, 0.3) is 0 Å².